The van der Waals surface area contributed by atoms with E-state index in [4.69, 9.17) is 17.0 Å². The lowest BCUT2D eigenvalue weighted by Crippen LogP contribution is -2.16. The van der Waals surface area contributed by atoms with Gasteiger partial charge < -0.3 is 9.30 Å². The number of aromatic nitrogens is 1. The number of nitrogens with zero attached hydrogens (tertiary/aromatic N) is 1. The van der Waals surface area contributed by atoms with Gasteiger partial charge in [-0.25, -0.2) is 0 Å². The van der Waals surface area contributed by atoms with Crippen molar-refractivity contribution in [2.24, 2.45) is 0 Å². The van der Waals surface area contributed by atoms with Crippen molar-refractivity contribution >= 4 is 43.7 Å². The van der Waals surface area contributed by atoms with E-state index in [1.165, 1.54) is 20.7 Å². The Bertz CT molecular complexity index is 1320. The van der Waals surface area contributed by atoms with Gasteiger partial charge in [0.25, 0.3) is 0 Å². The molecular weight excluding hydrogens is 446 g/mol. The van der Waals surface area contributed by atoms with Crippen LogP contribution >= 0.6 is 32.9 Å². The van der Waals surface area contributed by atoms with Gasteiger partial charge >= 0.3 is 5.97 Å². The van der Waals surface area contributed by atoms with E-state index in [-0.39, 0.29) is 16.6 Å². The minimum absolute atomic E-state index is 0.0471. The van der Waals surface area contributed by atoms with Crippen LogP contribution in [0.5, 0.6) is 5.75 Å². The van der Waals surface area contributed by atoms with E-state index in [0.29, 0.717) is 12.2 Å². The smallest absolute Gasteiger partial charge is 0.320 e. The maximum Gasteiger partial charge on any atom is 0.320 e. The lowest BCUT2D eigenvalue weighted by atomic mass is 10.1. The van der Waals surface area contributed by atoms with Gasteiger partial charge in [0.05, 0.1) is 16.5 Å². The van der Waals surface area contributed by atoms with Crippen LogP contribution in [0.25, 0.3) is 10.4 Å². The predicted molar refractivity (Wildman–Crippen MR) is 129 cm³/mol. The van der Waals surface area contributed by atoms with Crippen LogP contribution in [-0.2, 0) is 11.3 Å². The zero-order chi connectivity index (χ0) is 21.4. The number of benzene rings is 2. The van der Waals surface area contributed by atoms with E-state index in [9.17, 15) is 9.59 Å². The van der Waals surface area contributed by atoms with Crippen molar-refractivity contribution in [3.05, 3.63) is 99.3 Å². The molecular formula is C24H17NO3S3. The molecule has 1 unspecified atom stereocenters. The molecule has 3 heterocycles. The van der Waals surface area contributed by atoms with Crippen LogP contribution in [0.15, 0.2) is 77.6 Å². The topological polar surface area (TPSA) is 48.3 Å². The molecule has 2 aromatic carbocycles. The Kier molecular flexibility index (Phi) is 5.40. The Morgan fingerprint density at radius 1 is 1.00 bits per heavy atom. The van der Waals surface area contributed by atoms with Crippen LogP contribution in [0.4, 0.5) is 0 Å². The quantitative estimate of drug-likeness (QED) is 0.129. The highest BCUT2D eigenvalue weighted by Gasteiger charge is 2.32. The van der Waals surface area contributed by atoms with Gasteiger partial charge in [0.2, 0.25) is 4.74 Å². The number of rotatable bonds is 5. The Labute approximate surface area is 191 Å². The Morgan fingerprint density at radius 2 is 1.77 bits per heavy atom. The Hall–Kier alpha value is -2.87. The second kappa shape index (κ2) is 8.34. The molecule has 0 saturated carbocycles. The van der Waals surface area contributed by atoms with Crippen LogP contribution in [0.3, 0.4) is 0 Å². The molecule has 0 N–H and O–H groups in total. The molecule has 31 heavy (non-hydrogen) atoms. The van der Waals surface area contributed by atoms with Crippen LogP contribution in [0.1, 0.15) is 29.3 Å². The summed E-state index contributed by atoms with van der Waals surface area (Å²) >= 11 is 5.69. The van der Waals surface area contributed by atoms with Crippen LogP contribution in [0, 0.1) is 0 Å². The standard InChI is InChI=1S/C24H17NO3S3/c26-22-14-21(30-31-22)15-6-8-17(9-7-15)28-24(27)18-12-13-25-19(18)10-11-20(25)23(29)16-4-2-1-3-5-16/h1-11,14,18H,12-13H2. The molecule has 0 radical (unpaired) electrons. The van der Waals surface area contributed by atoms with Gasteiger partial charge in [0.1, 0.15) is 5.75 Å². The van der Waals surface area contributed by atoms with Crippen molar-refractivity contribution in [3.63, 3.8) is 0 Å². The summed E-state index contributed by atoms with van der Waals surface area (Å²) in [5, 5.41) is 0. The highest BCUT2D eigenvalue weighted by molar-refractivity contribution is 7.81. The summed E-state index contributed by atoms with van der Waals surface area (Å²) in [6, 6.07) is 22.8. The SMILES string of the molecule is O=C(Oc1ccc(-c2cc(=O)ss2)cc1)C1CCn2c(C(=S)c3ccccc3)ccc21. The van der Waals surface area contributed by atoms with E-state index in [1.807, 2.05) is 54.6 Å². The molecule has 2 aromatic heterocycles. The summed E-state index contributed by atoms with van der Waals surface area (Å²) in [6.07, 6.45) is 0.695. The molecule has 1 aliphatic rings. The fourth-order valence-electron chi connectivity index (χ4n) is 3.86. The molecule has 0 amide bonds. The number of fused-ring (bicyclic) bond motifs is 1. The van der Waals surface area contributed by atoms with E-state index >= 15 is 0 Å². The third-order valence-corrected chi connectivity index (χ3v) is 8.01. The molecule has 0 fully saturated rings. The summed E-state index contributed by atoms with van der Waals surface area (Å²) < 4.78 is 7.84. The summed E-state index contributed by atoms with van der Waals surface area (Å²) in [5.74, 6) is -0.0718. The lowest BCUT2D eigenvalue weighted by molar-refractivity contribution is -0.136. The number of carbonyl (C=O) groups is 1. The summed E-state index contributed by atoms with van der Waals surface area (Å²) in [4.78, 5) is 26.0. The zero-order valence-corrected chi connectivity index (χ0v) is 18.8. The maximum atomic E-state index is 12.9. The van der Waals surface area contributed by atoms with Gasteiger partial charge in [-0.2, -0.15) is 0 Å². The lowest BCUT2D eigenvalue weighted by Gasteiger charge is -2.10. The first-order valence-electron chi connectivity index (χ1n) is 9.81. The number of hydrogen-bond acceptors (Lipinski definition) is 6. The third kappa shape index (κ3) is 3.92. The number of thiocarbonyl (C=S) groups is 1. The van der Waals surface area contributed by atoms with Crippen LogP contribution < -0.4 is 9.48 Å². The summed E-state index contributed by atoms with van der Waals surface area (Å²) in [6.45, 7) is 0.737. The first kappa shape index (κ1) is 20.1. The maximum absolute atomic E-state index is 12.9. The minimum atomic E-state index is -0.311. The Balaban J connectivity index is 1.32. The highest BCUT2D eigenvalue weighted by atomic mass is 32.9. The summed E-state index contributed by atoms with van der Waals surface area (Å²) in [7, 11) is 2.66. The van der Waals surface area contributed by atoms with Gasteiger partial charge in [-0.05, 0) is 64.3 Å². The van der Waals surface area contributed by atoms with Crippen molar-refractivity contribution in [2.75, 3.05) is 0 Å². The third-order valence-electron chi connectivity index (χ3n) is 5.39. The highest BCUT2D eigenvalue weighted by Crippen LogP contribution is 2.33. The first-order chi connectivity index (χ1) is 15.1. The van der Waals surface area contributed by atoms with Gasteiger partial charge in [0, 0.05) is 23.2 Å². The molecule has 1 aliphatic heterocycles. The fraction of sp³-hybridized carbons (Fsp3) is 0.125. The molecule has 0 bridgehead atoms. The average Bonchev–Trinajstić information content (AvgIpc) is 3.51. The van der Waals surface area contributed by atoms with Crippen LogP contribution in [-0.4, -0.2) is 15.4 Å². The van der Waals surface area contributed by atoms with Crippen molar-refractivity contribution in [1.29, 1.82) is 0 Å². The van der Waals surface area contributed by atoms with Gasteiger partial charge in [-0.15, -0.1) is 0 Å². The van der Waals surface area contributed by atoms with Gasteiger partial charge in [-0.1, -0.05) is 52.9 Å². The normalized spacial score (nSPS) is 14.9. The zero-order valence-electron chi connectivity index (χ0n) is 16.3. The van der Waals surface area contributed by atoms with Crippen molar-refractivity contribution in [3.8, 4) is 16.2 Å². The van der Waals surface area contributed by atoms with Crippen molar-refractivity contribution in [2.45, 2.75) is 18.9 Å². The van der Waals surface area contributed by atoms with E-state index in [1.54, 1.807) is 18.2 Å². The average molecular weight is 464 g/mol. The molecule has 0 aliphatic carbocycles. The molecule has 1 atom stereocenters. The van der Waals surface area contributed by atoms with E-state index < -0.39 is 0 Å². The minimum Gasteiger partial charge on any atom is -0.426 e. The number of esters is 1. The van der Waals surface area contributed by atoms with Gasteiger partial charge in [0.15, 0.2) is 0 Å². The molecule has 0 saturated heterocycles. The number of hydrogen-bond donors (Lipinski definition) is 0. The van der Waals surface area contributed by atoms with E-state index in [2.05, 4.69) is 4.57 Å². The molecule has 5 rings (SSSR count). The first-order valence-corrected chi connectivity index (χ1v) is 12.4. The molecule has 0 spiro atoms. The molecule has 4 nitrogen and oxygen atoms in total. The number of carbonyl (C=O) groups excluding carboxylic acids is 1. The van der Waals surface area contributed by atoms with Crippen molar-refractivity contribution in [1.82, 2.24) is 4.57 Å². The van der Waals surface area contributed by atoms with Crippen LogP contribution in [0.2, 0.25) is 0 Å². The second-order valence-electron chi connectivity index (χ2n) is 7.27. The fourth-order valence-corrected chi connectivity index (χ4v) is 6.07. The number of ether oxygens (including phenoxy) is 1. The monoisotopic (exact) mass is 463 g/mol. The Morgan fingerprint density at radius 3 is 2.48 bits per heavy atom. The van der Waals surface area contributed by atoms with Crippen molar-refractivity contribution < 1.29 is 9.53 Å². The molecule has 4 aromatic rings. The van der Waals surface area contributed by atoms with E-state index in [0.717, 1.165) is 38.8 Å². The van der Waals surface area contributed by atoms with Gasteiger partial charge in [-0.3, -0.25) is 9.59 Å². The molecule has 7 heteroatoms. The predicted octanol–water partition coefficient (Wildman–Crippen LogP) is 5.50. The summed E-state index contributed by atoms with van der Waals surface area (Å²) in [5.41, 5.74) is 3.85. The largest absolute Gasteiger partial charge is 0.426 e. The molecule has 154 valence electrons. The second-order valence-corrected chi connectivity index (χ2v) is 9.86.